The van der Waals surface area contributed by atoms with Gasteiger partial charge in [-0.25, -0.2) is 4.79 Å². The fourth-order valence-electron chi connectivity index (χ4n) is 12.8. The summed E-state index contributed by atoms with van der Waals surface area (Å²) in [5.74, 6) is 4.17. The molecule has 6 rings (SSSR count). The smallest absolute Gasteiger partial charge is 0.360 e. The molecule has 6 aliphatic rings. The number of carbonyl (C=O) groups is 2. The van der Waals surface area contributed by atoms with E-state index in [1.54, 1.807) is 6.92 Å². The molecule has 0 aromatic rings. The average Bonchev–Trinajstić information content (AvgIpc) is 4.17. The van der Waals surface area contributed by atoms with E-state index >= 15 is 0 Å². The van der Waals surface area contributed by atoms with Crippen LogP contribution in [0.5, 0.6) is 0 Å². The van der Waals surface area contributed by atoms with Crippen molar-refractivity contribution in [1.29, 1.82) is 0 Å². The Morgan fingerprint density at radius 3 is 1.36 bits per heavy atom. The van der Waals surface area contributed by atoms with Crippen molar-refractivity contribution in [3.8, 4) is 0 Å². The molecule has 6 unspecified atom stereocenters. The Balaban J connectivity index is 0. The highest BCUT2D eigenvalue weighted by molar-refractivity contribution is 8.34. The van der Waals surface area contributed by atoms with Crippen LogP contribution >= 0.6 is 13.8 Å². The van der Waals surface area contributed by atoms with Crippen molar-refractivity contribution in [3.05, 3.63) is 12.2 Å². The first kappa shape index (κ1) is 75.9. The standard InChI is InChI=1S/C28H56O6PS2Si4.C20H31O3PS2.6CH4/c1-22(21-41(9,34-40(6,7)8)33-38(2)32-39(3,4)5)27(29)31-19-16-23-10-12-24(13-11-23)25-14-17-28(18-15-25)20-26(28)35(30)37-36;1-14(2)19(21)23-12-9-15-3-5-16(6-4-15)17-7-10-20(11-8-17)13-18(20)24(22)26-25;;;;;;/h22-26H,10-21H2,1-9H3;15-18H,1,3-13H2,2H3;6*1H4. The maximum Gasteiger partial charge on any atom is 0.360 e. The zero-order valence-electron chi connectivity index (χ0n) is 42.9. The molecule has 6 atom stereocenters. The molecule has 0 N–H and O–H groups in total. The zero-order valence-corrected chi connectivity index (χ0v) is 51.9. The van der Waals surface area contributed by atoms with Crippen LogP contribution in [0, 0.1) is 52.3 Å². The lowest BCUT2D eigenvalue weighted by Crippen LogP contribution is -2.53. The molecule has 0 aromatic heterocycles. The van der Waals surface area contributed by atoms with E-state index in [0.29, 0.717) is 58.8 Å². The Morgan fingerprint density at radius 2 is 1.01 bits per heavy atom. The van der Waals surface area contributed by atoms with Gasteiger partial charge >= 0.3 is 29.8 Å². The molecule has 6 fully saturated rings. The van der Waals surface area contributed by atoms with Gasteiger partial charge in [0.15, 0.2) is 16.6 Å². The van der Waals surface area contributed by atoms with E-state index in [2.05, 4.69) is 59.0 Å². The van der Waals surface area contributed by atoms with Gasteiger partial charge in [0, 0.05) is 57.7 Å². The molecular weight excluding hydrogens is 1100 g/mol. The highest BCUT2D eigenvalue weighted by Gasteiger charge is 2.62. The first-order valence-corrected chi connectivity index (χ1v) is 44.3. The number of esters is 2. The summed E-state index contributed by atoms with van der Waals surface area (Å²) in [5.41, 5.74) is 2.08. The molecular formula is C54H111O9P2S4Si4. The van der Waals surface area contributed by atoms with E-state index < -0.39 is 48.3 Å². The van der Waals surface area contributed by atoms with Crippen LogP contribution < -0.4 is 9.79 Å². The average molecular weight is 1210 g/mol. The third kappa shape index (κ3) is 23.8. The third-order valence-corrected chi connectivity index (χ3v) is 36.2. The quantitative estimate of drug-likeness (QED) is 0.0500. The van der Waals surface area contributed by atoms with Crippen LogP contribution in [0.25, 0.3) is 0 Å². The van der Waals surface area contributed by atoms with E-state index in [1.165, 1.54) is 103 Å². The van der Waals surface area contributed by atoms with Gasteiger partial charge in [-0.3, -0.25) is 4.79 Å². The van der Waals surface area contributed by atoms with Crippen molar-refractivity contribution in [2.75, 3.05) is 13.2 Å². The monoisotopic (exact) mass is 1210 g/mol. The predicted molar refractivity (Wildman–Crippen MR) is 333 cm³/mol. The summed E-state index contributed by atoms with van der Waals surface area (Å²) >= 11 is 9.94. The molecule has 1 radical (unpaired) electrons. The Labute approximate surface area is 473 Å². The van der Waals surface area contributed by atoms with Crippen LogP contribution in [0.4, 0.5) is 0 Å². The number of ether oxygens (including phenoxy) is 2. The number of rotatable bonds is 20. The van der Waals surface area contributed by atoms with Crippen LogP contribution in [0.2, 0.25) is 58.4 Å². The van der Waals surface area contributed by atoms with Crippen molar-refractivity contribution in [1.82, 2.24) is 0 Å². The molecule has 73 heavy (non-hydrogen) atoms. The summed E-state index contributed by atoms with van der Waals surface area (Å²) in [6, 6.07) is 0.601. The lowest BCUT2D eigenvalue weighted by molar-refractivity contribution is -0.153. The van der Waals surface area contributed by atoms with Gasteiger partial charge in [-0.1, -0.05) is 83.7 Å². The fraction of sp³-hybridized carbons (Fsp3) is 0.926. The highest BCUT2D eigenvalue weighted by Crippen LogP contribution is 2.67. The molecule has 6 aliphatic carbocycles. The summed E-state index contributed by atoms with van der Waals surface area (Å²) in [5, 5.41) is 0. The molecule has 0 aliphatic heterocycles. The van der Waals surface area contributed by atoms with Gasteiger partial charge in [0.25, 0.3) is 0 Å². The van der Waals surface area contributed by atoms with Crippen molar-refractivity contribution >= 4 is 102 Å². The summed E-state index contributed by atoms with van der Waals surface area (Å²) in [4.78, 5) is 48.6. The number of hydrogen-bond donors (Lipinski definition) is 0. The summed E-state index contributed by atoms with van der Waals surface area (Å²) in [6.07, 6.45) is 24.9. The second-order valence-corrected chi connectivity index (χ2v) is 47.0. The van der Waals surface area contributed by atoms with Crippen LogP contribution in [0.1, 0.15) is 187 Å². The molecule has 6 saturated carbocycles. The minimum Gasteiger partial charge on any atom is -0.619 e. The maximum atomic E-state index is 13.0. The largest absolute Gasteiger partial charge is 0.619 e. The second kappa shape index (κ2) is 33.5. The van der Waals surface area contributed by atoms with E-state index in [9.17, 15) is 19.4 Å². The van der Waals surface area contributed by atoms with Gasteiger partial charge in [-0.15, -0.1) is 0 Å². The SMILES string of the molecule is C.C.C.C.C.C.C=C(C)C(=O)OCCC1CCC(C2CCC3(CC2)CC3[P+]([O-])=S=S)CC1.CC(C[Si](C)(O[Si](C)O[Si](C)(C)C)O[Si](C)(C)C)C(=O)OCCC1CCC(C2CCC3(CC2)CC3[P+]([O-])=S=S)CC1. The van der Waals surface area contributed by atoms with E-state index in [1.807, 2.05) is 6.92 Å². The van der Waals surface area contributed by atoms with Gasteiger partial charge < -0.3 is 31.6 Å². The molecule has 9 nitrogen and oxygen atoms in total. The summed E-state index contributed by atoms with van der Waals surface area (Å²) < 4.78 is 30.5. The normalized spacial score (nSPS) is 30.9. The van der Waals surface area contributed by atoms with E-state index in [4.69, 9.17) is 44.2 Å². The van der Waals surface area contributed by atoms with Gasteiger partial charge in [0.2, 0.25) is 0 Å². The molecule has 0 saturated heterocycles. The van der Waals surface area contributed by atoms with Gasteiger partial charge in [0.05, 0.1) is 19.1 Å². The molecule has 19 heteroatoms. The topological polar surface area (TPSA) is 126 Å². The Bertz CT molecular complexity index is 1800. The molecule has 0 bridgehead atoms. The molecule has 431 valence electrons. The van der Waals surface area contributed by atoms with Gasteiger partial charge in [0.1, 0.15) is 44.2 Å². The molecule has 0 aromatic carbocycles. The van der Waals surface area contributed by atoms with Crippen LogP contribution in [0.15, 0.2) is 12.2 Å². The molecule has 2 spiro atoms. The van der Waals surface area contributed by atoms with Crippen LogP contribution in [0.3, 0.4) is 0 Å². The molecule has 0 heterocycles. The van der Waals surface area contributed by atoms with Crippen LogP contribution in [-0.4, -0.2) is 70.9 Å². The number of carbonyl (C=O) groups excluding carboxylic acids is 2. The predicted octanol–water partition coefficient (Wildman–Crippen LogP) is 15.7. The van der Waals surface area contributed by atoms with Gasteiger partial charge in [-0.05, 0) is 185 Å². The van der Waals surface area contributed by atoms with Crippen molar-refractivity contribution in [2.45, 2.75) is 257 Å². The second-order valence-electron chi connectivity index (χ2n) is 24.0. The zero-order chi connectivity index (χ0) is 49.4. The Morgan fingerprint density at radius 1 is 0.644 bits per heavy atom. The first-order chi connectivity index (χ1) is 31.4. The Hall–Kier alpha value is 0.828. The number of hydrogen-bond acceptors (Lipinski definition) is 11. The minimum absolute atomic E-state index is 0. The third-order valence-electron chi connectivity index (χ3n) is 16.4. The van der Waals surface area contributed by atoms with E-state index in [-0.39, 0.29) is 62.4 Å². The Kier molecular flexibility index (Phi) is 34.9. The highest BCUT2D eigenvalue weighted by atomic mass is 32.9. The summed E-state index contributed by atoms with van der Waals surface area (Å²) in [6.45, 7) is 23.1. The first-order valence-electron chi connectivity index (χ1n) is 25.8. The van der Waals surface area contributed by atoms with E-state index in [0.717, 1.165) is 68.4 Å². The van der Waals surface area contributed by atoms with Crippen molar-refractivity contribution in [3.63, 3.8) is 0 Å². The van der Waals surface area contributed by atoms with Crippen LogP contribution in [-0.2, 0) is 72.8 Å². The fourth-order valence-corrected chi connectivity index (χ4v) is 33.8. The molecule has 0 amide bonds. The van der Waals surface area contributed by atoms with Crippen molar-refractivity contribution in [2.24, 2.45) is 52.3 Å². The summed E-state index contributed by atoms with van der Waals surface area (Å²) in [7, 11) is -5.30. The van der Waals surface area contributed by atoms with Gasteiger partial charge in [-0.2, -0.15) is 0 Å². The lowest BCUT2D eigenvalue weighted by Gasteiger charge is -2.38. The minimum atomic E-state index is -2.60. The maximum absolute atomic E-state index is 13.0. The van der Waals surface area contributed by atoms with Crippen molar-refractivity contribution < 1.29 is 41.2 Å². The lowest BCUT2D eigenvalue weighted by atomic mass is 9.68.